The molecule has 2 aromatic heterocycles. The summed E-state index contributed by atoms with van der Waals surface area (Å²) in [6, 6.07) is 8.98. The maximum atomic E-state index is 4.41. The molecule has 0 bridgehead atoms. The van der Waals surface area contributed by atoms with Gasteiger partial charge in [-0.25, -0.2) is 9.97 Å². The SMILES string of the molecule is Cn1ncc2c(NC3CCCc4ccccc43)ncnc21. The normalized spacial score (nSPS) is 17.7. The second-order valence-electron chi connectivity index (χ2n) is 5.52. The van der Waals surface area contributed by atoms with E-state index in [1.807, 2.05) is 13.2 Å². The van der Waals surface area contributed by atoms with Gasteiger partial charge in [-0.1, -0.05) is 24.3 Å². The third kappa shape index (κ3) is 2.05. The Bertz CT molecular complexity index is 792. The summed E-state index contributed by atoms with van der Waals surface area (Å²) in [5.41, 5.74) is 3.69. The predicted molar refractivity (Wildman–Crippen MR) is 82.0 cm³/mol. The summed E-state index contributed by atoms with van der Waals surface area (Å²) in [5.74, 6) is 0.870. The second kappa shape index (κ2) is 4.84. The molecule has 1 unspecified atom stereocenters. The molecule has 1 aromatic carbocycles. The van der Waals surface area contributed by atoms with E-state index in [9.17, 15) is 0 Å². The second-order valence-corrected chi connectivity index (χ2v) is 5.52. The predicted octanol–water partition coefficient (Wildman–Crippen LogP) is 2.85. The van der Waals surface area contributed by atoms with Crippen molar-refractivity contribution >= 4 is 16.9 Å². The van der Waals surface area contributed by atoms with Crippen molar-refractivity contribution in [3.8, 4) is 0 Å². The number of nitrogens with zero attached hydrogens (tertiary/aromatic N) is 4. The van der Waals surface area contributed by atoms with Crippen LogP contribution in [0.5, 0.6) is 0 Å². The number of nitrogens with one attached hydrogen (secondary N) is 1. The molecule has 0 saturated carbocycles. The zero-order chi connectivity index (χ0) is 14.2. The Kier molecular flexibility index (Phi) is 2.84. The summed E-state index contributed by atoms with van der Waals surface area (Å²) in [7, 11) is 1.90. The van der Waals surface area contributed by atoms with Gasteiger partial charge in [0.25, 0.3) is 0 Å². The third-order valence-corrected chi connectivity index (χ3v) is 4.21. The highest BCUT2D eigenvalue weighted by Gasteiger charge is 2.21. The average molecular weight is 279 g/mol. The number of aromatic nitrogens is 4. The molecular weight excluding hydrogens is 262 g/mol. The maximum Gasteiger partial charge on any atom is 0.163 e. The fourth-order valence-corrected chi connectivity index (χ4v) is 3.15. The maximum absolute atomic E-state index is 4.41. The quantitative estimate of drug-likeness (QED) is 0.783. The van der Waals surface area contributed by atoms with Gasteiger partial charge in [0.15, 0.2) is 5.65 Å². The number of rotatable bonds is 2. The van der Waals surface area contributed by atoms with E-state index in [0.29, 0.717) is 6.04 Å². The lowest BCUT2D eigenvalue weighted by Gasteiger charge is -2.26. The van der Waals surface area contributed by atoms with E-state index in [4.69, 9.17) is 0 Å². The van der Waals surface area contributed by atoms with Gasteiger partial charge in [-0.2, -0.15) is 5.10 Å². The van der Waals surface area contributed by atoms with Crippen LogP contribution in [0.1, 0.15) is 30.0 Å². The van der Waals surface area contributed by atoms with Gasteiger partial charge in [-0.3, -0.25) is 4.68 Å². The first kappa shape index (κ1) is 12.3. The van der Waals surface area contributed by atoms with E-state index in [-0.39, 0.29) is 0 Å². The lowest BCUT2D eigenvalue weighted by molar-refractivity contribution is 0.599. The van der Waals surface area contributed by atoms with Crippen molar-refractivity contribution in [2.75, 3.05) is 5.32 Å². The van der Waals surface area contributed by atoms with E-state index < -0.39 is 0 Å². The molecule has 5 nitrogen and oxygen atoms in total. The van der Waals surface area contributed by atoms with E-state index in [0.717, 1.165) is 23.3 Å². The van der Waals surface area contributed by atoms with Gasteiger partial charge in [0.1, 0.15) is 12.1 Å². The lowest BCUT2D eigenvalue weighted by Crippen LogP contribution is -2.18. The molecule has 0 amide bonds. The molecule has 0 saturated heterocycles. The number of hydrogen-bond donors (Lipinski definition) is 1. The van der Waals surface area contributed by atoms with Crippen molar-refractivity contribution in [2.24, 2.45) is 7.05 Å². The van der Waals surface area contributed by atoms with Gasteiger partial charge >= 0.3 is 0 Å². The van der Waals surface area contributed by atoms with Crippen LogP contribution >= 0.6 is 0 Å². The van der Waals surface area contributed by atoms with Crippen molar-refractivity contribution in [1.29, 1.82) is 0 Å². The summed E-state index contributed by atoms with van der Waals surface area (Å²) in [4.78, 5) is 8.70. The zero-order valence-corrected chi connectivity index (χ0v) is 12.0. The van der Waals surface area contributed by atoms with Crippen LogP contribution in [-0.2, 0) is 13.5 Å². The van der Waals surface area contributed by atoms with Crippen LogP contribution in [0.4, 0.5) is 5.82 Å². The molecule has 21 heavy (non-hydrogen) atoms. The largest absolute Gasteiger partial charge is 0.363 e. The number of benzene rings is 1. The molecule has 1 N–H and O–H groups in total. The molecule has 2 heterocycles. The van der Waals surface area contributed by atoms with Crippen LogP contribution in [0, 0.1) is 0 Å². The summed E-state index contributed by atoms with van der Waals surface area (Å²) >= 11 is 0. The minimum atomic E-state index is 0.313. The molecule has 1 atom stereocenters. The Morgan fingerprint density at radius 3 is 3.10 bits per heavy atom. The monoisotopic (exact) mass is 279 g/mol. The Morgan fingerprint density at radius 1 is 1.24 bits per heavy atom. The fraction of sp³-hybridized carbons (Fsp3) is 0.312. The summed E-state index contributed by atoms with van der Waals surface area (Å²) in [6.45, 7) is 0. The Morgan fingerprint density at radius 2 is 2.14 bits per heavy atom. The molecule has 106 valence electrons. The van der Waals surface area contributed by atoms with Gasteiger partial charge in [-0.05, 0) is 30.4 Å². The van der Waals surface area contributed by atoms with Gasteiger partial charge in [0, 0.05) is 7.05 Å². The van der Waals surface area contributed by atoms with Crippen molar-refractivity contribution in [3.63, 3.8) is 0 Å². The number of hydrogen-bond acceptors (Lipinski definition) is 4. The molecule has 0 spiro atoms. The Labute approximate surface area is 123 Å². The molecule has 1 aliphatic rings. The Balaban J connectivity index is 1.73. The highest BCUT2D eigenvalue weighted by molar-refractivity contribution is 5.86. The third-order valence-electron chi connectivity index (χ3n) is 4.21. The Hall–Kier alpha value is -2.43. The molecule has 1 aliphatic carbocycles. The summed E-state index contributed by atoms with van der Waals surface area (Å²) < 4.78 is 1.77. The van der Waals surface area contributed by atoms with Crippen molar-refractivity contribution < 1.29 is 0 Å². The number of aryl methyl sites for hydroxylation is 2. The van der Waals surface area contributed by atoms with Crippen LogP contribution in [0.15, 0.2) is 36.8 Å². The standard InChI is InChI=1S/C16H17N5/c1-21-16-13(9-19-21)15(17-10-18-16)20-14-8-4-6-11-5-2-3-7-12(11)14/h2-3,5,7,9-10,14H,4,6,8H2,1H3,(H,17,18,20). The smallest absolute Gasteiger partial charge is 0.163 e. The van der Waals surface area contributed by atoms with Crippen LogP contribution in [0.3, 0.4) is 0 Å². The fourth-order valence-electron chi connectivity index (χ4n) is 3.15. The van der Waals surface area contributed by atoms with Gasteiger partial charge in [-0.15, -0.1) is 0 Å². The first-order valence-electron chi connectivity index (χ1n) is 7.30. The van der Waals surface area contributed by atoms with E-state index in [1.165, 1.54) is 24.0 Å². The van der Waals surface area contributed by atoms with Crippen LogP contribution in [0.25, 0.3) is 11.0 Å². The van der Waals surface area contributed by atoms with E-state index in [1.54, 1.807) is 11.0 Å². The van der Waals surface area contributed by atoms with Crippen LogP contribution < -0.4 is 5.32 Å². The van der Waals surface area contributed by atoms with Crippen LogP contribution in [0.2, 0.25) is 0 Å². The van der Waals surface area contributed by atoms with Crippen LogP contribution in [-0.4, -0.2) is 19.7 Å². The van der Waals surface area contributed by atoms with Gasteiger partial charge in [0.05, 0.1) is 17.6 Å². The molecule has 0 radical (unpaired) electrons. The first-order valence-corrected chi connectivity index (χ1v) is 7.30. The number of fused-ring (bicyclic) bond motifs is 2. The minimum Gasteiger partial charge on any atom is -0.363 e. The highest BCUT2D eigenvalue weighted by atomic mass is 15.3. The van der Waals surface area contributed by atoms with E-state index in [2.05, 4.69) is 44.6 Å². The summed E-state index contributed by atoms with van der Waals surface area (Å²) in [6.07, 6.45) is 6.92. The highest BCUT2D eigenvalue weighted by Crippen LogP contribution is 2.33. The lowest BCUT2D eigenvalue weighted by atomic mass is 9.88. The molecular formula is C16H17N5. The summed E-state index contributed by atoms with van der Waals surface area (Å²) in [5, 5.41) is 8.83. The molecule has 0 aliphatic heterocycles. The topological polar surface area (TPSA) is 55.6 Å². The van der Waals surface area contributed by atoms with Crippen molar-refractivity contribution in [3.05, 3.63) is 47.9 Å². The molecule has 5 heteroatoms. The van der Waals surface area contributed by atoms with Gasteiger partial charge in [0.2, 0.25) is 0 Å². The molecule has 3 aromatic rings. The zero-order valence-electron chi connectivity index (χ0n) is 12.0. The minimum absolute atomic E-state index is 0.313. The number of anilines is 1. The first-order chi connectivity index (χ1) is 10.3. The van der Waals surface area contributed by atoms with Crippen molar-refractivity contribution in [1.82, 2.24) is 19.7 Å². The van der Waals surface area contributed by atoms with E-state index >= 15 is 0 Å². The van der Waals surface area contributed by atoms with Crippen molar-refractivity contribution in [2.45, 2.75) is 25.3 Å². The molecule has 4 rings (SSSR count). The average Bonchev–Trinajstić information content (AvgIpc) is 2.90. The molecule has 0 fully saturated rings. The van der Waals surface area contributed by atoms with Gasteiger partial charge < -0.3 is 5.32 Å².